The first kappa shape index (κ1) is 31.4. The van der Waals surface area contributed by atoms with Crippen molar-refractivity contribution in [3.63, 3.8) is 0 Å². The smallest absolute Gasteiger partial charge is 0.264 e. The van der Waals surface area contributed by atoms with E-state index in [-0.39, 0.29) is 34.1 Å². The van der Waals surface area contributed by atoms with Crippen molar-refractivity contribution in [2.24, 2.45) is 0 Å². The van der Waals surface area contributed by atoms with Crippen LogP contribution in [0, 0.1) is 6.92 Å². The van der Waals surface area contributed by atoms with Crippen LogP contribution in [-0.4, -0.2) is 50.9 Å². The fourth-order valence-electron chi connectivity index (χ4n) is 5.35. The molecule has 0 unspecified atom stereocenters. The number of halogens is 1. The SMILES string of the molecule is CC[C@H](C(=O)NC1CCCC1)N(Cc1cccc(C)c1)C(=O)CN(c1ccc(OC)c(Cl)c1)S(=O)(=O)c1ccccc1. The van der Waals surface area contributed by atoms with Gasteiger partial charge in [0.25, 0.3) is 10.0 Å². The number of hydrogen-bond acceptors (Lipinski definition) is 5. The Labute approximate surface area is 253 Å². The maximum absolute atomic E-state index is 14.2. The summed E-state index contributed by atoms with van der Waals surface area (Å²) in [5.74, 6) is -0.355. The van der Waals surface area contributed by atoms with Gasteiger partial charge in [-0.05, 0) is 62.1 Å². The van der Waals surface area contributed by atoms with E-state index >= 15 is 0 Å². The summed E-state index contributed by atoms with van der Waals surface area (Å²) < 4.78 is 34.2. The number of benzene rings is 3. The monoisotopic (exact) mass is 611 g/mol. The first-order valence-corrected chi connectivity index (χ1v) is 16.0. The van der Waals surface area contributed by atoms with Crippen LogP contribution in [0.1, 0.15) is 50.2 Å². The fourth-order valence-corrected chi connectivity index (χ4v) is 7.03. The lowest BCUT2D eigenvalue weighted by molar-refractivity contribution is -0.140. The van der Waals surface area contributed by atoms with Gasteiger partial charge in [0.05, 0.1) is 22.7 Å². The van der Waals surface area contributed by atoms with Gasteiger partial charge in [-0.2, -0.15) is 0 Å². The molecule has 0 aromatic heterocycles. The largest absolute Gasteiger partial charge is 0.495 e. The Hall–Kier alpha value is -3.56. The van der Waals surface area contributed by atoms with Crippen LogP contribution in [-0.2, 0) is 26.2 Å². The summed E-state index contributed by atoms with van der Waals surface area (Å²) in [4.78, 5) is 29.3. The normalized spacial score (nSPS) is 14.3. The number of ether oxygens (including phenoxy) is 1. The molecule has 1 saturated carbocycles. The lowest BCUT2D eigenvalue weighted by Gasteiger charge is -2.34. The summed E-state index contributed by atoms with van der Waals surface area (Å²) in [6.45, 7) is 3.44. The molecule has 4 rings (SSSR count). The van der Waals surface area contributed by atoms with Gasteiger partial charge in [0.15, 0.2) is 0 Å². The molecule has 1 atom stereocenters. The van der Waals surface area contributed by atoms with Crippen molar-refractivity contribution in [2.75, 3.05) is 18.0 Å². The molecule has 0 aliphatic heterocycles. The average molecular weight is 612 g/mol. The third-order valence-corrected chi connectivity index (χ3v) is 9.64. The van der Waals surface area contributed by atoms with E-state index in [2.05, 4.69) is 5.32 Å². The number of rotatable bonds is 12. The van der Waals surface area contributed by atoms with Crippen molar-refractivity contribution < 1.29 is 22.7 Å². The minimum Gasteiger partial charge on any atom is -0.495 e. The van der Waals surface area contributed by atoms with Gasteiger partial charge in [-0.25, -0.2) is 8.42 Å². The van der Waals surface area contributed by atoms with Crippen molar-refractivity contribution in [1.29, 1.82) is 0 Å². The minimum absolute atomic E-state index is 0.0287. The first-order chi connectivity index (χ1) is 20.1. The molecule has 1 aliphatic carbocycles. The summed E-state index contributed by atoms with van der Waals surface area (Å²) in [5.41, 5.74) is 2.07. The lowest BCUT2D eigenvalue weighted by Crippen LogP contribution is -2.53. The Kier molecular flexibility index (Phi) is 10.5. The second kappa shape index (κ2) is 14.1. The average Bonchev–Trinajstić information content (AvgIpc) is 3.49. The molecule has 3 aromatic rings. The Morgan fingerprint density at radius 3 is 2.36 bits per heavy atom. The van der Waals surface area contributed by atoms with Crippen molar-refractivity contribution in [3.05, 3.63) is 88.9 Å². The molecule has 0 saturated heterocycles. The third-order valence-electron chi connectivity index (χ3n) is 7.56. The molecule has 8 nitrogen and oxygen atoms in total. The van der Waals surface area contributed by atoms with E-state index in [1.807, 2.05) is 38.1 Å². The van der Waals surface area contributed by atoms with Gasteiger partial charge in [-0.3, -0.25) is 13.9 Å². The number of carbonyl (C=O) groups excluding carboxylic acids is 2. The van der Waals surface area contributed by atoms with E-state index in [9.17, 15) is 18.0 Å². The minimum atomic E-state index is -4.18. The molecule has 42 heavy (non-hydrogen) atoms. The van der Waals surface area contributed by atoms with E-state index in [0.717, 1.165) is 41.1 Å². The number of nitrogens with zero attached hydrogens (tertiary/aromatic N) is 2. The van der Waals surface area contributed by atoms with Crippen molar-refractivity contribution >= 4 is 39.1 Å². The van der Waals surface area contributed by atoms with Crippen LogP contribution in [0.5, 0.6) is 5.75 Å². The number of carbonyl (C=O) groups is 2. The number of nitrogens with one attached hydrogen (secondary N) is 1. The Balaban J connectivity index is 1.73. The van der Waals surface area contributed by atoms with Gasteiger partial charge in [0.2, 0.25) is 11.8 Å². The number of aryl methyl sites for hydroxylation is 1. The maximum Gasteiger partial charge on any atom is 0.264 e. The molecule has 0 spiro atoms. The first-order valence-electron chi connectivity index (χ1n) is 14.2. The Morgan fingerprint density at radius 2 is 1.74 bits per heavy atom. The van der Waals surface area contributed by atoms with Crippen LogP contribution in [0.4, 0.5) is 5.69 Å². The summed E-state index contributed by atoms with van der Waals surface area (Å²) in [6.07, 6.45) is 4.31. The Morgan fingerprint density at radius 1 is 1.02 bits per heavy atom. The molecule has 1 aliphatic rings. The predicted octanol–water partition coefficient (Wildman–Crippen LogP) is 5.72. The zero-order valence-electron chi connectivity index (χ0n) is 24.3. The topological polar surface area (TPSA) is 96.0 Å². The molecule has 2 amide bonds. The molecule has 10 heteroatoms. The molecule has 3 aromatic carbocycles. The number of anilines is 1. The van der Waals surface area contributed by atoms with E-state index in [4.69, 9.17) is 16.3 Å². The molecule has 0 heterocycles. The Bertz CT molecular complexity index is 1490. The van der Waals surface area contributed by atoms with E-state index in [0.29, 0.717) is 12.2 Å². The molecular weight excluding hydrogens is 574 g/mol. The fraction of sp³-hybridized carbons (Fsp3) is 0.375. The highest BCUT2D eigenvalue weighted by Gasteiger charge is 2.34. The lowest BCUT2D eigenvalue weighted by atomic mass is 10.1. The quantitative estimate of drug-likeness (QED) is 0.283. The second-order valence-corrected chi connectivity index (χ2v) is 12.8. The molecular formula is C32H38ClN3O5S. The summed E-state index contributed by atoms with van der Waals surface area (Å²) in [6, 6.07) is 19.5. The summed E-state index contributed by atoms with van der Waals surface area (Å²) in [5, 5.41) is 3.33. The molecule has 1 fully saturated rings. The van der Waals surface area contributed by atoms with Gasteiger partial charge in [-0.1, -0.05) is 79.4 Å². The van der Waals surface area contributed by atoms with Gasteiger partial charge >= 0.3 is 0 Å². The third kappa shape index (κ3) is 7.44. The van der Waals surface area contributed by atoms with Crippen LogP contribution in [0.25, 0.3) is 0 Å². The van der Waals surface area contributed by atoms with Crippen LogP contribution in [0.3, 0.4) is 0 Å². The number of sulfonamides is 1. The molecule has 0 bridgehead atoms. The van der Waals surface area contributed by atoms with E-state index in [1.165, 1.54) is 30.2 Å². The van der Waals surface area contributed by atoms with E-state index < -0.39 is 28.5 Å². The van der Waals surface area contributed by atoms with Crippen LogP contribution in [0.2, 0.25) is 5.02 Å². The van der Waals surface area contributed by atoms with Crippen molar-refractivity contribution in [3.8, 4) is 5.75 Å². The maximum atomic E-state index is 14.2. The van der Waals surface area contributed by atoms with Crippen molar-refractivity contribution in [2.45, 2.75) is 69.5 Å². The highest BCUT2D eigenvalue weighted by molar-refractivity contribution is 7.92. The molecule has 0 radical (unpaired) electrons. The number of hydrogen-bond donors (Lipinski definition) is 1. The van der Waals surface area contributed by atoms with Crippen LogP contribution in [0.15, 0.2) is 77.7 Å². The van der Waals surface area contributed by atoms with E-state index in [1.54, 1.807) is 30.3 Å². The van der Waals surface area contributed by atoms with Gasteiger partial charge in [0.1, 0.15) is 18.3 Å². The predicted molar refractivity (Wildman–Crippen MR) is 165 cm³/mol. The zero-order chi connectivity index (χ0) is 30.3. The summed E-state index contributed by atoms with van der Waals surface area (Å²) >= 11 is 6.39. The number of methoxy groups -OCH3 is 1. The number of amides is 2. The second-order valence-electron chi connectivity index (χ2n) is 10.6. The van der Waals surface area contributed by atoms with Crippen LogP contribution < -0.4 is 14.4 Å². The zero-order valence-corrected chi connectivity index (χ0v) is 25.8. The molecule has 224 valence electrons. The van der Waals surface area contributed by atoms with Gasteiger partial charge in [0, 0.05) is 12.6 Å². The van der Waals surface area contributed by atoms with Crippen molar-refractivity contribution in [1.82, 2.24) is 10.2 Å². The highest BCUT2D eigenvalue weighted by Crippen LogP contribution is 2.32. The standard InChI is InChI=1S/C32H38ClN3O5S/c1-4-29(32(38)34-25-13-8-9-14-25)35(21-24-12-10-11-23(2)19-24)31(37)22-36(26-17-18-30(41-3)28(33)20-26)42(39,40)27-15-6-5-7-16-27/h5-7,10-12,15-20,25,29H,4,8-9,13-14,21-22H2,1-3H3,(H,34,38)/t29-/m1/s1. The van der Waals surface area contributed by atoms with Gasteiger partial charge in [-0.15, -0.1) is 0 Å². The van der Waals surface area contributed by atoms with Gasteiger partial charge < -0.3 is 15.0 Å². The highest BCUT2D eigenvalue weighted by atomic mass is 35.5. The van der Waals surface area contributed by atoms with Crippen LogP contribution >= 0.6 is 11.6 Å². The summed E-state index contributed by atoms with van der Waals surface area (Å²) in [7, 11) is -2.72. The molecule has 1 N–H and O–H groups in total.